The Kier molecular flexibility index (Phi) is 15.2. The van der Waals surface area contributed by atoms with Gasteiger partial charge in [-0.2, -0.15) is 0 Å². The lowest BCUT2D eigenvalue weighted by molar-refractivity contribution is -0.146. The van der Waals surface area contributed by atoms with Gasteiger partial charge in [-0.05, 0) is 110 Å². The van der Waals surface area contributed by atoms with Gasteiger partial charge in [0.2, 0.25) is 5.91 Å². The topological polar surface area (TPSA) is 67.9 Å². The van der Waals surface area contributed by atoms with Crippen molar-refractivity contribution in [2.45, 2.75) is 118 Å². The van der Waals surface area contributed by atoms with Crippen LogP contribution in [0.1, 0.15) is 105 Å². The fraction of sp³-hybridized carbons (Fsp3) is 0.458. The van der Waals surface area contributed by atoms with Gasteiger partial charge in [-0.3, -0.25) is 9.59 Å². The predicted molar refractivity (Wildman–Crippen MR) is 231 cm³/mol. The Labute approximate surface area is 342 Å². The second-order valence-electron chi connectivity index (χ2n) is 15.6. The lowest BCUT2D eigenvalue weighted by atomic mass is 9.85. The molecule has 1 amide bonds. The van der Waals surface area contributed by atoms with Gasteiger partial charge in [0.15, 0.2) is 0 Å². The molecule has 0 saturated carbocycles. The van der Waals surface area contributed by atoms with E-state index in [2.05, 4.69) is 95.1 Å². The summed E-state index contributed by atoms with van der Waals surface area (Å²) in [7, 11) is 0. The van der Waals surface area contributed by atoms with Crippen LogP contribution in [-0.4, -0.2) is 38.1 Å². The van der Waals surface area contributed by atoms with Crippen molar-refractivity contribution in [3.63, 3.8) is 0 Å². The molecule has 0 aliphatic carbocycles. The summed E-state index contributed by atoms with van der Waals surface area (Å²) >= 11 is 3.74. The average molecular weight is 791 g/mol. The van der Waals surface area contributed by atoms with Crippen LogP contribution >= 0.6 is 23.5 Å². The molecule has 3 heterocycles. The number of rotatable bonds is 21. The van der Waals surface area contributed by atoms with Crippen molar-refractivity contribution in [2.24, 2.45) is 5.92 Å². The van der Waals surface area contributed by atoms with Crippen molar-refractivity contribution >= 4 is 41.1 Å². The van der Waals surface area contributed by atoms with E-state index in [1.165, 1.54) is 82.7 Å². The van der Waals surface area contributed by atoms with Crippen molar-refractivity contribution in [3.8, 4) is 11.5 Å². The highest BCUT2D eigenvalue weighted by atomic mass is 32.2. The highest BCUT2D eigenvalue weighted by molar-refractivity contribution is 7.98. The maximum absolute atomic E-state index is 13.0. The first kappa shape index (κ1) is 40.3. The number of ether oxygens (including phenoxy) is 2. The van der Waals surface area contributed by atoms with Gasteiger partial charge in [0, 0.05) is 52.2 Å². The molecule has 6 nitrogen and oxygen atoms in total. The molecule has 0 radical (unpaired) electrons. The number of anilines is 1. The van der Waals surface area contributed by atoms with Crippen LogP contribution in [0.5, 0.6) is 11.5 Å². The number of benzene rings is 4. The Balaban J connectivity index is 0.735. The lowest BCUT2D eigenvalue weighted by Gasteiger charge is -2.39. The summed E-state index contributed by atoms with van der Waals surface area (Å²) in [4.78, 5) is 31.0. The quantitative estimate of drug-likeness (QED) is 0.0296. The first-order valence-electron chi connectivity index (χ1n) is 21.1. The summed E-state index contributed by atoms with van der Waals surface area (Å²) in [6.07, 6.45) is 16.5. The van der Waals surface area contributed by atoms with Crippen LogP contribution in [0.2, 0.25) is 0 Å². The van der Waals surface area contributed by atoms with Crippen LogP contribution < -0.4 is 19.7 Å². The average Bonchev–Trinajstić information content (AvgIpc) is 3.23. The van der Waals surface area contributed by atoms with Crippen LogP contribution in [0.4, 0.5) is 5.69 Å². The van der Waals surface area contributed by atoms with Crippen LogP contribution in [-0.2, 0) is 40.4 Å². The SMILES string of the molecule is O=C(NCCCCCCCCCCCCOc1cc(CSc2ccccc2)cc(CSc2ccccc2)c1)C1Cc2cc3c4c(c2OC1=O)CCCN4CCC3. The van der Waals surface area contributed by atoms with Crippen molar-refractivity contribution in [3.05, 3.63) is 113 Å². The van der Waals surface area contributed by atoms with Crippen LogP contribution in [0, 0.1) is 5.92 Å². The third kappa shape index (κ3) is 11.4. The minimum Gasteiger partial charge on any atom is -0.494 e. The number of hydrogen-bond donors (Lipinski definition) is 1. The fourth-order valence-electron chi connectivity index (χ4n) is 8.36. The zero-order valence-corrected chi connectivity index (χ0v) is 34.5. The molecule has 1 N–H and O–H groups in total. The molecular weight excluding hydrogens is 733 g/mol. The van der Waals surface area contributed by atoms with Crippen LogP contribution in [0.25, 0.3) is 0 Å². The van der Waals surface area contributed by atoms with E-state index in [4.69, 9.17) is 9.47 Å². The number of carbonyl (C=O) groups is 2. The largest absolute Gasteiger partial charge is 0.494 e. The molecule has 0 aromatic heterocycles. The normalized spacial score (nSPS) is 15.8. The molecule has 4 aromatic rings. The summed E-state index contributed by atoms with van der Waals surface area (Å²) in [6, 6.07) is 30.2. The third-order valence-electron chi connectivity index (χ3n) is 11.2. The minimum atomic E-state index is -0.745. The number of esters is 1. The minimum absolute atomic E-state index is 0.187. The Hall–Kier alpha value is -3.88. The van der Waals surface area contributed by atoms with E-state index in [-0.39, 0.29) is 5.91 Å². The number of nitrogens with zero attached hydrogens (tertiary/aromatic N) is 1. The number of nitrogens with one attached hydrogen (secondary N) is 1. The maximum Gasteiger partial charge on any atom is 0.324 e. The standard InChI is InChI=1S/C48H58N2O4S2/c51-47(44-33-39-32-38-19-17-26-50-27-18-24-43(45(38)50)46(39)54-48(44)52)49-25-15-7-5-3-1-2-4-6-8-16-28-53-40-30-36(34-55-41-20-11-9-12-21-41)29-37(31-40)35-56-42-22-13-10-14-23-42/h9-14,20-23,29-32,44H,1-8,15-19,24-28,33-35H2,(H,49,51). The molecule has 1 unspecified atom stereocenters. The van der Waals surface area contributed by atoms with Gasteiger partial charge in [0.25, 0.3) is 0 Å². The summed E-state index contributed by atoms with van der Waals surface area (Å²) in [5, 5.41) is 3.04. The molecule has 56 heavy (non-hydrogen) atoms. The number of fused-ring (bicyclic) bond motifs is 2. The molecule has 0 fully saturated rings. The molecule has 0 saturated heterocycles. The van der Waals surface area contributed by atoms with E-state index in [0.717, 1.165) is 93.2 Å². The molecule has 0 bridgehead atoms. The zero-order valence-electron chi connectivity index (χ0n) is 32.9. The van der Waals surface area contributed by atoms with Crippen molar-refractivity contribution < 1.29 is 19.1 Å². The first-order valence-corrected chi connectivity index (χ1v) is 23.1. The number of aryl methyl sites for hydroxylation is 1. The molecule has 7 rings (SSSR count). The Morgan fingerprint density at radius 1 is 0.714 bits per heavy atom. The third-order valence-corrected chi connectivity index (χ3v) is 13.4. The maximum atomic E-state index is 13.0. The molecule has 3 aliphatic heterocycles. The van der Waals surface area contributed by atoms with Crippen molar-refractivity contribution in [1.82, 2.24) is 5.32 Å². The fourth-order valence-corrected chi connectivity index (χ4v) is 10.1. The summed E-state index contributed by atoms with van der Waals surface area (Å²) in [6.45, 7) is 3.54. The van der Waals surface area contributed by atoms with Gasteiger partial charge >= 0.3 is 5.97 Å². The zero-order chi connectivity index (χ0) is 38.4. The van der Waals surface area contributed by atoms with Gasteiger partial charge in [-0.1, -0.05) is 93.8 Å². The number of carbonyl (C=O) groups excluding carboxylic acids is 2. The molecule has 0 spiro atoms. The van der Waals surface area contributed by atoms with Gasteiger partial charge in [0.05, 0.1) is 6.61 Å². The number of unbranched alkanes of at least 4 members (excludes halogenated alkanes) is 9. The van der Waals surface area contributed by atoms with E-state index < -0.39 is 11.9 Å². The molecule has 296 valence electrons. The Morgan fingerprint density at radius 2 is 1.30 bits per heavy atom. The summed E-state index contributed by atoms with van der Waals surface area (Å²) in [5.41, 5.74) is 7.50. The first-order chi connectivity index (χ1) is 27.6. The second-order valence-corrected chi connectivity index (χ2v) is 17.7. The smallest absolute Gasteiger partial charge is 0.324 e. The van der Waals surface area contributed by atoms with E-state index in [9.17, 15) is 9.59 Å². The Morgan fingerprint density at radius 3 is 1.95 bits per heavy atom. The highest BCUT2D eigenvalue weighted by Gasteiger charge is 2.38. The summed E-state index contributed by atoms with van der Waals surface area (Å²) < 4.78 is 12.2. The lowest BCUT2D eigenvalue weighted by Crippen LogP contribution is -2.42. The van der Waals surface area contributed by atoms with E-state index in [0.29, 0.717) is 13.0 Å². The molecule has 4 aromatic carbocycles. The van der Waals surface area contributed by atoms with E-state index in [1.54, 1.807) is 0 Å². The second kappa shape index (κ2) is 21.0. The van der Waals surface area contributed by atoms with E-state index in [1.807, 2.05) is 23.5 Å². The molecule has 1 atom stereocenters. The monoisotopic (exact) mass is 790 g/mol. The van der Waals surface area contributed by atoms with Crippen molar-refractivity contribution in [2.75, 3.05) is 31.1 Å². The molecule has 3 aliphatic rings. The van der Waals surface area contributed by atoms with Crippen LogP contribution in [0.15, 0.2) is 94.7 Å². The Bertz CT molecular complexity index is 1820. The number of amides is 1. The van der Waals surface area contributed by atoms with Crippen molar-refractivity contribution in [1.29, 1.82) is 0 Å². The van der Waals surface area contributed by atoms with E-state index >= 15 is 0 Å². The molecular formula is C48H58N2O4S2. The summed E-state index contributed by atoms with van der Waals surface area (Å²) in [5.74, 6) is 2.26. The van der Waals surface area contributed by atoms with Crippen LogP contribution in [0.3, 0.4) is 0 Å². The van der Waals surface area contributed by atoms with Gasteiger partial charge in [-0.25, -0.2) is 0 Å². The van der Waals surface area contributed by atoms with Gasteiger partial charge in [-0.15, -0.1) is 23.5 Å². The van der Waals surface area contributed by atoms with Gasteiger partial charge < -0.3 is 19.7 Å². The number of hydrogen-bond acceptors (Lipinski definition) is 7. The molecule has 8 heteroatoms. The number of thioether (sulfide) groups is 2. The predicted octanol–water partition coefficient (Wildman–Crippen LogP) is 11.1. The van der Waals surface area contributed by atoms with Gasteiger partial charge in [0.1, 0.15) is 17.4 Å². The highest BCUT2D eigenvalue weighted by Crippen LogP contribution is 2.45.